The van der Waals surface area contributed by atoms with Gasteiger partial charge in [0.05, 0.1) is 0 Å². The Labute approximate surface area is 139 Å². The predicted octanol–water partition coefficient (Wildman–Crippen LogP) is 4.40. The average Bonchev–Trinajstić information content (AvgIpc) is 2.63. The van der Waals surface area contributed by atoms with Crippen LogP contribution in [0.5, 0.6) is 0 Å². The van der Waals surface area contributed by atoms with Gasteiger partial charge in [0.15, 0.2) is 0 Å². The third kappa shape index (κ3) is 3.46. The van der Waals surface area contributed by atoms with Crippen LogP contribution < -0.4 is 9.80 Å². The molecule has 23 heavy (non-hydrogen) atoms. The van der Waals surface area contributed by atoms with Crippen molar-refractivity contribution in [3.8, 4) is 0 Å². The van der Waals surface area contributed by atoms with Gasteiger partial charge in [0.25, 0.3) is 0 Å². The summed E-state index contributed by atoms with van der Waals surface area (Å²) in [4.78, 5) is 14.1. The van der Waals surface area contributed by atoms with Gasteiger partial charge in [-0.05, 0) is 50.8 Å². The monoisotopic (exact) mass is 310 g/mol. The molecule has 1 aliphatic rings. The summed E-state index contributed by atoms with van der Waals surface area (Å²) in [6.07, 6.45) is 6.86. The van der Waals surface area contributed by atoms with Gasteiger partial charge in [0.2, 0.25) is 5.95 Å². The number of hydrogen-bond acceptors (Lipinski definition) is 4. The van der Waals surface area contributed by atoms with Crippen LogP contribution >= 0.6 is 0 Å². The molecule has 4 nitrogen and oxygen atoms in total. The van der Waals surface area contributed by atoms with Gasteiger partial charge in [-0.3, -0.25) is 0 Å². The minimum absolute atomic E-state index is 0.575. The zero-order valence-electron chi connectivity index (χ0n) is 14.2. The molecule has 2 aromatic rings. The van der Waals surface area contributed by atoms with E-state index < -0.39 is 0 Å². The van der Waals surface area contributed by atoms with Crippen LogP contribution in [0, 0.1) is 0 Å². The van der Waals surface area contributed by atoms with E-state index in [1.807, 2.05) is 18.3 Å². The summed E-state index contributed by atoms with van der Waals surface area (Å²) < 4.78 is 0. The molecule has 1 aromatic carbocycles. The van der Waals surface area contributed by atoms with Crippen molar-refractivity contribution in [1.82, 2.24) is 9.97 Å². The Balaban J connectivity index is 1.89. The molecule has 3 rings (SSSR count). The van der Waals surface area contributed by atoms with Crippen molar-refractivity contribution in [2.45, 2.75) is 45.6 Å². The van der Waals surface area contributed by atoms with Gasteiger partial charge in [-0.15, -0.1) is 0 Å². The second kappa shape index (κ2) is 7.44. The van der Waals surface area contributed by atoms with E-state index >= 15 is 0 Å². The lowest BCUT2D eigenvalue weighted by molar-refractivity contribution is 0.443. The number of aromatic nitrogens is 2. The number of benzene rings is 1. The standard InChI is InChI=1S/C19H26N4/c1-3-16-10-8-9-15-23(16)19-20-14-13-18(21-19)22(4-2)17-11-6-5-7-12-17/h5-7,11-14,16H,3-4,8-10,15H2,1-2H3. The third-order valence-electron chi connectivity index (χ3n) is 4.64. The molecule has 0 radical (unpaired) electrons. The molecule has 1 saturated heterocycles. The van der Waals surface area contributed by atoms with Gasteiger partial charge in [0, 0.05) is 31.0 Å². The number of para-hydroxylation sites is 1. The minimum Gasteiger partial charge on any atom is -0.338 e. The second-order valence-electron chi connectivity index (χ2n) is 6.05. The summed E-state index contributed by atoms with van der Waals surface area (Å²) in [5.41, 5.74) is 1.17. The van der Waals surface area contributed by atoms with E-state index in [4.69, 9.17) is 4.98 Å². The third-order valence-corrected chi connectivity index (χ3v) is 4.64. The van der Waals surface area contributed by atoms with Gasteiger partial charge in [-0.25, -0.2) is 4.98 Å². The summed E-state index contributed by atoms with van der Waals surface area (Å²) >= 11 is 0. The highest BCUT2D eigenvalue weighted by atomic mass is 15.3. The van der Waals surface area contributed by atoms with E-state index in [1.165, 1.54) is 24.9 Å². The van der Waals surface area contributed by atoms with Crippen molar-refractivity contribution in [3.63, 3.8) is 0 Å². The number of piperidine rings is 1. The lowest BCUT2D eigenvalue weighted by atomic mass is 10.0. The SMILES string of the molecule is CCC1CCCCN1c1nccc(N(CC)c2ccccc2)n1. The van der Waals surface area contributed by atoms with Crippen molar-refractivity contribution in [1.29, 1.82) is 0 Å². The molecule has 1 unspecified atom stereocenters. The van der Waals surface area contributed by atoms with Crippen LogP contribution in [-0.4, -0.2) is 29.1 Å². The molecule has 0 bridgehead atoms. The van der Waals surface area contributed by atoms with Crippen LogP contribution in [0.2, 0.25) is 0 Å². The van der Waals surface area contributed by atoms with Crippen molar-refractivity contribution < 1.29 is 0 Å². The summed E-state index contributed by atoms with van der Waals surface area (Å²) in [6.45, 7) is 6.37. The Kier molecular flexibility index (Phi) is 5.11. The van der Waals surface area contributed by atoms with Crippen LogP contribution in [0.1, 0.15) is 39.5 Å². The maximum absolute atomic E-state index is 4.88. The van der Waals surface area contributed by atoms with E-state index in [2.05, 4.69) is 52.9 Å². The highest BCUT2D eigenvalue weighted by Crippen LogP contribution is 2.27. The molecular weight excluding hydrogens is 284 g/mol. The minimum atomic E-state index is 0.575. The number of nitrogens with zero attached hydrogens (tertiary/aromatic N) is 4. The first-order valence-electron chi connectivity index (χ1n) is 8.75. The second-order valence-corrected chi connectivity index (χ2v) is 6.05. The van der Waals surface area contributed by atoms with Gasteiger partial charge >= 0.3 is 0 Å². The van der Waals surface area contributed by atoms with Gasteiger partial charge in [0.1, 0.15) is 5.82 Å². The summed E-state index contributed by atoms with van der Waals surface area (Å²) in [5, 5.41) is 0. The Morgan fingerprint density at radius 1 is 1.13 bits per heavy atom. The molecule has 0 aliphatic carbocycles. The highest BCUT2D eigenvalue weighted by molar-refractivity contribution is 5.60. The summed E-state index contributed by atoms with van der Waals surface area (Å²) in [7, 11) is 0. The van der Waals surface area contributed by atoms with Crippen molar-refractivity contribution >= 4 is 17.5 Å². The summed E-state index contributed by atoms with van der Waals surface area (Å²) in [5.74, 6) is 1.85. The molecule has 0 N–H and O–H groups in total. The van der Waals surface area contributed by atoms with Crippen LogP contribution in [0.4, 0.5) is 17.5 Å². The normalized spacial score (nSPS) is 18.0. The maximum atomic E-state index is 4.88. The summed E-state index contributed by atoms with van der Waals surface area (Å²) in [6, 6.07) is 13.0. The van der Waals surface area contributed by atoms with Crippen LogP contribution in [0.25, 0.3) is 0 Å². The van der Waals surface area contributed by atoms with E-state index in [0.29, 0.717) is 6.04 Å². The largest absolute Gasteiger partial charge is 0.338 e. The maximum Gasteiger partial charge on any atom is 0.227 e. The van der Waals surface area contributed by atoms with E-state index in [0.717, 1.165) is 31.3 Å². The molecule has 0 spiro atoms. The fourth-order valence-corrected chi connectivity index (χ4v) is 3.40. The van der Waals surface area contributed by atoms with Crippen molar-refractivity contribution in [2.24, 2.45) is 0 Å². The molecule has 0 saturated carbocycles. The smallest absolute Gasteiger partial charge is 0.227 e. The van der Waals surface area contributed by atoms with Crippen LogP contribution in [-0.2, 0) is 0 Å². The topological polar surface area (TPSA) is 32.3 Å². The van der Waals surface area contributed by atoms with Crippen molar-refractivity contribution in [3.05, 3.63) is 42.6 Å². The van der Waals surface area contributed by atoms with Crippen molar-refractivity contribution in [2.75, 3.05) is 22.9 Å². The molecule has 1 atom stereocenters. The Hall–Kier alpha value is -2.10. The zero-order chi connectivity index (χ0) is 16.1. The van der Waals surface area contributed by atoms with Crippen LogP contribution in [0.3, 0.4) is 0 Å². The first kappa shape index (κ1) is 15.8. The van der Waals surface area contributed by atoms with E-state index in [9.17, 15) is 0 Å². The average molecular weight is 310 g/mol. The molecule has 1 fully saturated rings. The van der Waals surface area contributed by atoms with Gasteiger partial charge < -0.3 is 9.80 Å². The van der Waals surface area contributed by atoms with E-state index in [-0.39, 0.29) is 0 Å². The highest BCUT2D eigenvalue weighted by Gasteiger charge is 2.23. The Morgan fingerprint density at radius 3 is 2.70 bits per heavy atom. The molecule has 2 heterocycles. The molecular formula is C19H26N4. The molecule has 1 aromatic heterocycles. The molecule has 4 heteroatoms. The lowest BCUT2D eigenvalue weighted by Gasteiger charge is -2.35. The zero-order valence-corrected chi connectivity index (χ0v) is 14.2. The van der Waals surface area contributed by atoms with Gasteiger partial charge in [-0.1, -0.05) is 25.1 Å². The Bertz CT molecular complexity index is 614. The Morgan fingerprint density at radius 2 is 1.96 bits per heavy atom. The first-order chi connectivity index (χ1) is 11.3. The van der Waals surface area contributed by atoms with Crippen LogP contribution in [0.15, 0.2) is 42.6 Å². The first-order valence-corrected chi connectivity index (χ1v) is 8.75. The molecule has 1 aliphatic heterocycles. The quantitative estimate of drug-likeness (QED) is 0.819. The van der Waals surface area contributed by atoms with Gasteiger partial charge in [-0.2, -0.15) is 4.98 Å². The predicted molar refractivity (Wildman–Crippen MR) is 96.4 cm³/mol. The number of anilines is 3. The molecule has 122 valence electrons. The molecule has 0 amide bonds. The number of hydrogen-bond donors (Lipinski definition) is 0. The number of rotatable bonds is 5. The fraction of sp³-hybridized carbons (Fsp3) is 0.474. The lowest BCUT2D eigenvalue weighted by Crippen LogP contribution is -2.40. The van der Waals surface area contributed by atoms with E-state index in [1.54, 1.807) is 0 Å². The fourth-order valence-electron chi connectivity index (χ4n) is 3.40.